The second-order valence-electron chi connectivity index (χ2n) is 8.49. The van der Waals surface area contributed by atoms with E-state index in [1.165, 1.54) is 12.1 Å². The number of carbonyl (C=O) groups is 1. The number of benzene rings is 1. The quantitative estimate of drug-likeness (QED) is 0.277. The van der Waals surface area contributed by atoms with E-state index >= 15 is 4.39 Å². The number of carbonyl (C=O) groups excluding carboxylic acids is 1. The topological polar surface area (TPSA) is 35.5 Å². The van der Waals surface area contributed by atoms with Gasteiger partial charge < -0.3 is 9.47 Å². The molecule has 0 aromatic heterocycles. The van der Waals surface area contributed by atoms with Crippen LogP contribution in [0.2, 0.25) is 0 Å². The lowest BCUT2D eigenvalue weighted by molar-refractivity contribution is -0.140. The monoisotopic (exact) mass is 424 g/mol. The molecule has 0 radical (unpaired) electrons. The van der Waals surface area contributed by atoms with Crippen molar-refractivity contribution in [1.82, 2.24) is 0 Å². The summed E-state index contributed by atoms with van der Waals surface area (Å²) < 4.78 is 53.3. The summed E-state index contributed by atoms with van der Waals surface area (Å²) in [5.74, 6) is -1.90. The highest BCUT2D eigenvalue weighted by Crippen LogP contribution is 2.39. The minimum Gasteiger partial charge on any atom is -0.426 e. The number of hydrogen-bond donors (Lipinski definition) is 0. The van der Waals surface area contributed by atoms with E-state index < -0.39 is 23.8 Å². The molecule has 2 atom stereocenters. The maximum Gasteiger partial charge on any atom is 0.314 e. The van der Waals surface area contributed by atoms with Crippen LogP contribution in [0.3, 0.4) is 0 Å². The van der Waals surface area contributed by atoms with Gasteiger partial charge in [-0.25, -0.2) is 13.2 Å². The Labute approximate surface area is 176 Å². The molecule has 6 heteroatoms. The van der Waals surface area contributed by atoms with Crippen LogP contribution >= 0.6 is 0 Å². The molecule has 1 heterocycles. The van der Waals surface area contributed by atoms with Crippen LogP contribution in [0, 0.1) is 17.7 Å². The van der Waals surface area contributed by atoms with Crippen LogP contribution in [-0.2, 0) is 9.53 Å². The first kappa shape index (κ1) is 22.9. The van der Waals surface area contributed by atoms with Gasteiger partial charge in [-0.15, -0.1) is 6.58 Å². The number of hydrogen-bond acceptors (Lipinski definition) is 3. The smallest absolute Gasteiger partial charge is 0.314 e. The van der Waals surface area contributed by atoms with E-state index in [1.807, 2.05) is 0 Å². The standard InChI is InChI=1S/C24H31F3O3/c1-3-5-15-6-8-16(9-7-15)24(28)30-20-13-12-19(22(25)21(20)23(26)27)17-10-11-18(4-2)29-14-17/h4,12-13,15-18,23H,2-3,5-11,14H2,1H3. The first-order valence-electron chi connectivity index (χ1n) is 11.0. The van der Waals surface area contributed by atoms with Gasteiger partial charge >= 0.3 is 5.97 Å². The second-order valence-corrected chi connectivity index (χ2v) is 8.49. The summed E-state index contributed by atoms with van der Waals surface area (Å²) in [6.07, 6.45) is 5.33. The van der Waals surface area contributed by atoms with Crippen molar-refractivity contribution in [2.45, 2.75) is 76.7 Å². The normalized spacial score (nSPS) is 27.1. The van der Waals surface area contributed by atoms with Crippen LogP contribution in [0.5, 0.6) is 5.75 Å². The van der Waals surface area contributed by atoms with E-state index in [0.717, 1.165) is 25.7 Å². The summed E-state index contributed by atoms with van der Waals surface area (Å²) in [6.45, 7) is 6.07. The zero-order valence-corrected chi connectivity index (χ0v) is 17.5. The molecule has 1 aliphatic carbocycles. The molecule has 1 aromatic carbocycles. The van der Waals surface area contributed by atoms with Crippen molar-refractivity contribution in [3.05, 3.63) is 41.7 Å². The predicted octanol–water partition coefficient (Wildman–Crippen LogP) is 6.72. The number of alkyl halides is 2. The largest absolute Gasteiger partial charge is 0.426 e. The van der Waals surface area contributed by atoms with Crippen LogP contribution in [0.25, 0.3) is 0 Å². The Morgan fingerprint density at radius 2 is 1.97 bits per heavy atom. The van der Waals surface area contributed by atoms with Gasteiger partial charge in [-0.1, -0.05) is 31.9 Å². The summed E-state index contributed by atoms with van der Waals surface area (Å²) in [5, 5.41) is 0. The molecule has 0 bridgehead atoms. The van der Waals surface area contributed by atoms with Crippen molar-refractivity contribution < 1.29 is 27.4 Å². The average molecular weight is 425 g/mol. The number of rotatable bonds is 7. The van der Waals surface area contributed by atoms with Gasteiger partial charge in [0.25, 0.3) is 6.43 Å². The average Bonchev–Trinajstić information content (AvgIpc) is 2.74. The minimum absolute atomic E-state index is 0.0912. The van der Waals surface area contributed by atoms with Gasteiger partial charge in [0.15, 0.2) is 0 Å². The molecule has 166 valence electrons. The molecular weight excluding hydrogens is 393 g/mol. The highest BCUT2D eigenvalue weighted by atomic mass is 19.3. The van der Waals surface area contributed by atoms with Crippen molar-refractivity contribution in [2.24, 2.45) is 11.8 Å². The van der Waals surface area contributed by atoms with Gasteiger partial charge in [0.2, 0.25) is 0 Å². The fraction of sp³-hybridized carbons (Fsp3) is 0.625. The molecular formula is C24H31F3O3. The molecule has 30 heavy (non-hydrogen) atoms. The molecule has 0 amide bonds. The van der Waals surface area contributed by atoms with E-state index in [4.69, 9.17) is 9.47 Å². The molecule has 1 aromatic rings. The number of esters is 1. The summed E-state index contributed by atoms with van der Waals surface area (Å²) in [7, 11) is 0. The van der Waals surface area contributed by atoms with E-state index in [2.05, 4.69) is 13.5 Å². The Morgan fingerprint density at radius 3 is 2.53 bits per heavy atom. The fourth-order valence-electron chi connectivity index (χ4n) is 4.69. The van der Waals surface area contributed by atoms with Crippen LogP contribution in [0.4, 0.5) is 13.2 Å². The maximum absolute atomic E-state index is 15.0. The maximum atomic E-state index is 15.0. The fourth-order valence-corrected chi connectivity index (χ4v) is 4.69. The van der Waals surface area contributed by atoms with Crippen LogP contribution < -0.4 is 4.74 Å². The number of ether oxygens (including phenoxy) is 2. The molecule has 0 N–H and O–H groups in total. The highest BCUT2D eigenvalue weighted by molar-refractivity contribution is 5.75. The molecule has 3 rings (SSSR count). The molecule has 3 nitrogen and oxygen atoms in total. The molecule has 2 aliphatic rings. The van der Waals surface area contributed by atoms with Gasteiger partial charge in [0.05, 0.1) is 24.2 Å². The Morgan fingerprint density at radius 1 is 1.23 bits per heavy atom. The predicted molar refractivity (Wildman–Crippen MR) is 109 cm³/mol. The third kappa shape index (κ3) is 5.26. The highest BCUT2D eigenvalue weighted by Gasteiger charge is 2.32. The van der Waals surface area contributed by atoms with Gasteiger partial charge in [-0.2, -0.15) is 0 Å². The van der Waals surface area contributed by atoms with Gasteiger partial charge in [-0.05, 0) is 56.1 Å². The van der Waals surface area contributed by atoms with Crippen LogP contribution in [-0.4, -0.2) is 18.7 Å². The molecule has 1 saturated heterocycles. The van der Waals surface area contributed by atoms with E-state index in [1.54, 1.807) is 6.08 Å². The minimum atomic E-state index is -3.07. The summed E-state index contributed by atoms with van der Waals surface area (Å²) >= 11 is 0. The molecule has 1 aliphatic heterocycles. The lowest BCUT2D eigenvalue weighted by atomic mass is 9.80. The Balaban J connectivity index is 1.71. The lowest BCUT2D eigenvalue weighted by Crippen LogP contribution is -2.26. The van der Waals surface area contributed by atoms with Crippen molar-refractivity contribution in [3.8, 4) is 5.75 Å². The SMILES string of the molecule is C=CC1CCC(c2ccc(OC(=O)C3CCC(CCC)CC3)c(C(F)F)c2F)CO1. The first-order chi connectivity index (χ1) is 14.4. The molecule has 2 unspecified atom stereocenters. The third-order valence-electron chi connectivity index (χ3n) is 6.49. The summed E-state index contributed by atoms with van der Waals surface area (Å²) in [5.41, 5.74) is -0.640. The van der Waals surface area contributed by atoms with Crippen molar-refractivity contribution in [2.75, 3.05) is 6.61 Å². The summed E-state index contributed by atoms with van der Waals surface area (Å²) in [4.78, 5) is 12.6. The van der Waals surface area contributed by atoms with Crippen molar-refractivity contribution >= 4 is 5.97 Å². The van der Waals surface area contributed by atoms with E-state index in [0.29, 0.717) is 31.6 Å². The van der Waals surface area contributed by atoms with Gasteiger partial charge in [0, 0.05) is 5.92 Å². The first-order valence-corrected chi connectivity index (χ1v) is 11.0. The Bertz CT molecular complexity index is 733. The molecule has 1 saturated carbocycles. The summed E-state index contributed by atoms with van der Waals surface area (Å²) in [6, 6.07) is 2.75. The Hall–Kier alpha value is -1.82. The zero-order valence-electron chi connectivity index (χ0n) is 17.5. The Kier molecular flexibility index (Phi) is 7.98. The lowest BCUT2D eigenvalue weighted by Gasteiger charge is -2.29. The van der Waals surface area contributed by atoms with Crippen LogP contribution in [0.1, 0.15) is 81.8 Å². The van der Waals surface area contributed by atoms with Crippen LogP contribution in [0.15, 0.2) is 24.8 Å². The van der Waals surface area contributed by atoms with Crippen molar-refractivity contribution in [1.29, 1.82) is 0 Å². The third-order valence-corrected chi connectivity index (χ3v) is 6.49. The van der Waals surface area contributed by atoms with E-state index in [-0.39, 0.29) is 35.9 Å². The van der Waals surface area contributed by atoms with Gasteiger partial charge in [0.1, 0.15) is 11.6 Å². The molecule has 2 fully saturated rings. The van der Waals surface area contributed by atoms with Gasteiger partial charge in [-0.3, -0.25) is 4.79 Å². The van der Waals surface area contributed by atoms with Crippen molar-refractivity contribution in [3.63, 3.8) is 0 Å². The van der Waals surface area contributed by atoms with E-state index in [9.17, 15) is 13.6 Å². The molecule has 0 spiro atoms. The number of halogens is 3. The zero-order chi connectivity index (χ0) is 21.7. The second kappa shape index (κ2) is 10.5.